The molecule has 1 amide bonds. The van der Waals surface area contributed by atoms with E-state index in [1.807, 2.05) is 24.3 Å². The lowest BCUT2D eigenvalue weighted by atomic mass is 10.2. The van der Waals surface area contributed by atoms with Gasteiger partial charge in [0.2, 0.25) is 0 Å². The number of carbonyl (C=O) groups excluding carboxylic acids is 1. The highest BCUT2D eigenvalue weighted by Gasteiger charge is 2.13. The zero-order valence-electron chi connectivity index (χ0n) is 9.76. The molecule has 0 aliphatic carbocycles. The molecule has 3 rings (SSSR count). The third-order valence-electron chi connectivity index (χ3n) is 2.64. The molecular weight excluding hydrogens is 308 g/mol. The number of nitrogens with zero attached hydrogens (tertiary/aromatic N) is 1. The van der Waals surface area contributed by atoms with Gasteiger partial charge in [-0.1, -0.05) is 18.2 Å². The van der Waals surface area contributed by atoms with Crippen LogP contribution in [0.5, 0.6) is 0 Å². The Hall–Kier alpha value is -2.14. The number of amides is 1. The fourth-order valence-electron chi connectivity index (χ4n) is 1.74. The van der Waals surface area contributed by atoms with Crippen molar-refractivity contribution in [1.82, 2.24) is 4.98 Å². The van der Waals surface area contributed by atoms with E-state index >= 15 is 0 Å². The summed E-state index contributed by atoms with van der Waals surface area (Å²) in [5, 5.41) is 3.59. The van der Waals surface area contributed by atoms with Gasteiger partial charge in [-0.3, -0.25) is 4.79 Å². The van der Waals surface area contributed by atoms with Crippen LogP contribution >= 0.6 is 15.9 Å². The highest BCUT2D eigenvalue weighted by Crippen LogP contribution is 2.22. The number of carbonyl (C=O) groups is 1. The quantitative estimate of drug-likeness (QED) is 0.781. The SMILES string of the molecule is O=C(Nc1ncccc1Br)c1cc2ccccc2o1. The molecule has 3 aromatic rings. The second kappa shape index (κ2) is 4.85. The second-order valence-electron chi connectivity index (χ2n) is 3.94. The molecule has 19 heavy (non-hydrogen) atoms. The van der Waals surface area contributed by atoms with Gasteiger partial charge in [0, 0.05) is 11.6 Å². The van der Waals surface area contributed by atoms with E-state index in [-0.39, 0.29) is 11.7 Å². The minimum atomic E-state index is -0.324. The van der Waals surface area contributed by atoms with Crippen molar-refractivity contribution in [2.75, 3.05) is 5.32 Å². The van der Waals surface area contributed by atoms with E-state index in [1.165, 1.54) is 0 Å². The van der Waals surface area contributed by atoms with Crippen molar-refractivity contribution >= 4 is 38.6 Å². The van der Waals surface area contributed by atoms with E-state index in [9.17, 15) is 4.79 Å². The average molecular weight is 317 g/mol. The Morgan fingerprint density at radius 1 is 1.21 bits per heavy atom. The fourth-order valence-corrected chi connectivity index (χ4v) is 2.09. The molecule has 0 unspecified atom stereocenters. The van der Waals surface area contributed by atoms with Crippen molar-refractivity contribution in [3.8, 4) is 0 Å². The first-order chi connectivity index (χ1) is 9.24. The number of halogens is 1. The molecule has 1 N–H and O–H groups in total. The standard InChI is InChI=1S/C14H9BrN2O2/c15-10-5-3-7-16-13(10)17-14(18)12-8-9-4-1-2-6-11(9)19-12/h1-8H,(H,16,17,18). The Morgan fingerprint density at radius 3 is 2.84 bits per heavy atom. The molecule has 2 aromatic heterocycles. The van der Waals surface area contributed by atoms with E-state index in [0.717, 1.165) is 9.86 Å². The van der Waals surface area contributed by atoms with Crippen LogP contribution in [0.4, 0.5) is 5.82 Å². The smallest absolute Gasteiger partial charge is 0.292 e. The van der Waals surface area contributed by atoms with Crippen molar-refractivity contribution in [3.05, 3.63) is 58.9 Å². The van der Waals surface area contributed by atoms with Crippen molar-refractivity contribution in [2.45, 2.75) is 0 Å². The topological polar surface area (TPSA) is 55.1 Å². The molecule has 5 heteroatoms. The van der Waals surface area contributed by atoms with Gasteiger partial charge in [-0.05, 0) is 40.2 Å². The number of para-hydroxylation sites is 1. The van der Waals surface area contributed by atoms with Gasteiger partial charge in [0.05, 0.1) is 4.47 Å². The van der Waals surface area contributed by atoms with Crippen LogP contribution < -0.4 is 5.32 Å². The Labute approximate surface area is 117 Å². The third-order valence-corrected chi connectivity index (χ3v) is 3.28. The molecule has 0 saturated heterocycles. The van der Waals surface area contributed by atoms with Crippen molar-refractivity contribution in [2.24, 2.45) is 0 Å². The molecule has 0 fully saturated rings. The number of nitrogens with one attached hydrogen (secondary N) is 1. The molecule has 0 aliphatic rings. The first kappa shape index (κ1) is 11.9. The summed E-state index contributed by atoms with van der Waals surface area (Å²) in [6.45, 7) is 0. The van der Waals surface area contributed by atoms with Gasteiger partial charge in [0.25, 0.3) is 5.91 Å². The van der Waals surface area contributed by atoms with Crippen LogP contribution in [0.3, 0.4) is 0 Å². The lowest BCUT2D eigenvalue weighted by Gasteiger charge is -2.03. The number of pyridine rings is 1. The third kappa shape index (κ3) is 2.37. The molecule has 0 atom stereocenters. The number of rotatable bonds is 2. The predicted octanol–water partition coefficient (Wildman–Crippen LogP) is 3.84. The van der Waals surface area contributed by atoms with Crippen molar-refractivity contribution < 1.29 is 9.21 Å². The maximum absolute atomic E-state index is 12.1. The Bertz CT molecular complexity index is 719. The van der Waals surface area contributed by atoms with Gasteiger partial charge < -0.3 is 9.73 Å². The first-order valence-electron chi connectivity index (χ1n) is 5.64. The molecule has 0 radical (unpaired) electrons. The maximum Gasteiger partial charge on any atom is 0.292 e. The zero-order valence-corrected chi connectivity index (χ0v) is 11.3. The van der Waals surface area contributed by atoms with E-state index in [1.54, 1.807) is 24.4 Å². The van der Waals surface area contributed by atoms with E-state index in [2.05, 4.69) is 26.2 Å². The van der Waals surface area contributed by atoms with Crippen molar-refractivity contribution in [1.29, 1.82) is 0 Å². The van der Waals surface area contributed by atoms with Crippen LogP contribution in [-0.2, 0) is 0 Å². The molecule has 0 saturated carbocycles. The van der Waals surface area contributed by atoms with E-state index in [0.29, 0.717) is 11.4 Å². The van der Waals surface area contributed by atoms with Crippen LogP contribution in [0.15, 0.2) is 57.6 Å². The summed E-state index contributed by atoms with van der Waals surface area (Å²) in [4.78, 5) is 16.1. The van der Waals surface area contributed by atoms with Gasteiger partial charge in [-0.15, -0.1) is 0 Å². The van der Waals surface area contributed by atoms with Crippen LogP contribution in [0.2, 0.25) is 0 Å². The van der Waals surface area contributed by atoms with Crippen LogP contribution in [0.25, 0.3) is 11.0 Å². The normalized spacial score (nSPS) is 10.6. The summed E-state index contributed by atoms with van der Waals surface area (Å²) >= 11 is 3.32. The second-order valence-corrected chi connectivity index (χ2v) is 4.79. The van der Waals surface area contributed by atoms with Crippen molar-refractivity contribution in [3.63, 3.8) is 0 Å². The van der Waals surface area contributed by atoms with E-state index in [4.69, 9.17) is 4.42 Å². The van der Waals surface area contributed by atoms with Crippen LogP contribution in [0, 0.1) is 0 Å². The fraction of sp³-hybridized carbons (Fsp3) is 0. The molecule has 0 aliphatic heterocycles. The number of benzene rings is 1. The van der Waals surface area contributed by atoms with E-state index < -0.39 is 0 Å². The lowest BCUT2D eigenvalue weighted by Crippen LogP contribution is -2.12. The first-order valence-corrected chi connectivity index (χ1v) is 6.44. The van der Waals surface area contributed by atoms with Crippen LogP contribution in [0.1, 0.15) is 10.6 Å². The Balaban J connectivity index is 1.90. The molecule has 4 nitrogen and oxygen atoms in total. The minimum Gasteiger partial charge on any atom is -0.451 e. The summed E-state index contributed by atoms with van der Waals surface area (Å²) < 4.78 is 6.21. The number of furan rings is 1. The molecule has 2 heterocycles. The summed E-state index contributed by atoms with van der Waals surface area (Å²) in [6, 6.07) is 12.8. The van der Waals surface area contributed by atoms with Gasteiger partial charge in [0.15, 0.2) is 5.76 Å². The average Bonchev–Trinajstić information content (AvgIpc) is 2.85. The Morgan fingerprint density at radius 2 is 2.05 bits per heavy atom. The highest BCUT2D eigenvalue weighted by molar-refractivity contribution is 9.10. The molecular formula is C14H9BrN2O2. The predicted molar refractivity (Wildman–Crippen MR) is 76.1 cm³/mol. The summed E-state index contributed by atoms with van der Waals surface area (Å²) in [6.07, 6.45) is 1.61. The number of anilines is 1. The van der Waals surface area contributed by atoms with Gasteiger partial charge in [-0.25, -0.2) is 4.98 Å². The zero-order chi connectivity index (χ0) is 13.2. The molecule has 1 aromatic carbocycles. The number of hydrogen-bond donors (Lipinski definition) is 1. The lowest BCUT2D eigenvalue weighted by molar-refractivity contribution is 0.0998. The van der Waals surface area contributed by atoms with Gasteiger partial charge >= 0.3 is 0 Å². The monoisotopic (exact) mass is 316 g/mol. The summed E-state index contributed by atoms with van der Waals surface area (Å²) in [7, 11) is 0. The number of aromatic nitrogens is 1. The summed E-state index contributed by atoms with van der Waals surface area (Å²) in [5.74, 6) is 0.405. The molecule has 0 bridgehead atoms. The molecule has 94 valence electrons. The van der Waals surface area contributed by atoms with Gasteiger partial charge in [0.1, 0.15) is 11.4 Å². The largest absolute Gasteiger partial charge is 0.451 e. The van der Waals surface area contributed by atoms with Gasteiger partial charge in [-0.2, -0.15) is 0 Å². The van der Waals surface area contributed by atoms with Crippen LogP contribution in [-0.4, -0.2) is 10.9 Å². The minimum absolute atomic E-state index is 0.263. The molecule has 0 spiro atoms. The Kier molecular flexibility index (Phi) is 3.05. The summed E-state index contributed by atoms with van der Waals surface area (Å²) in [5.41, 5.74) is 0.688. The highest BCUT2D eigenvalue weighted by atomic mass is 79.9. The maximum atomic E-state index is 12.1. The number of hydrogen-bond acceptors (Lipinski definition) is 3. The number of fused-ring (bicyclic) bond motifs is 1.